The second-order valence-electron chi connectivity index (χ2n) is 7.43. The Kier molecular flexibility index (Phi) is 5.53. The van der Waals surface area contributed by atoms with Crippen molar-refractivity contribution in [3.63, 3.8) is 0 Å². The number of aryl methyl sites for hydroxylation is 1. The van der Waals surface area contributed by atoms with Crippen LogP contribution in [0, 0.1) is 13.8 Å². The Morgan fingerprint density at radius 3 is 2.43 bits per heavy atom. The topological polar surface area (TPSA) is 64.0 Å². The third-order valence-electron chi connectivity index (χ3n) is 4.41. The Morgan fingerprint density at radius 1 is 1.26 bits per heavy atom. The predicted octanol–water partition coefficient (Wildman–Crippen LogP) is 3.21. The summed E-state index contributed by atoms with van der Waals surface area (Å²) in [6.07, 6.45) is 6.19. The van der Waals surface area contributed by atoms with Crippen LogP contribution in [0.15, 0.2) is 4.90 Å². The van der Waals surface area contributed by atoms with E-state index >= 15 is 0 Å². The molecule has 2 rings (SSSR count). The molecule has 0 aliphatic heterocycles. The maximum Gasteiger partial charge on any atom is 0.244 e. The summed E-state index contributed by atoms with van der Waals surface area (Å²) in [5.41, 5.74) is 1.04. The van der Waals surface area contributed by atoms with Crippen LogP contribution in [0.4, 0.5) is 0 Å². The van der Waals surface area contributed by atoms with Crippen molar-refractivity contribution < 1.29 is 8.42 Å². The summed E-state index contributed by atoms with van der Waals surface area (Å²) >= 11 is 1.83. The first-order valence-corrected chi connectivity index (χ1v) is 10.9. The second-order valence-corrected chi connectivity index (χ2v) is 10.2. The highest BCUT2D eigenvalue weighted by molar-refractivity contribution is 7.99. The first-order valence-electron chi connectivity index (χ1n) is 8.18. The fourth-order valence-electron chi connectivity index (χ4n) is 3.41. The summed E-state index contributed by atoms with van der Waals surface area (Å²) in [5, 5.41) is 5.02. The standard InChI is InChI=1S/C16H29N3O2S2/c1-11-15(12(2)19(17-11)16(3,4)5)23(20,21)18-13-8-7-9-14(10-13)22-6/h13-14,18H,7-10H2,1-6H3/t13-,14+/m0/s1. The van der Waals surface area contributed by atoms with Crippen molar-refractivity contribution in [1.29, 1.82) is 0 Å². The molecule has 0 spiro atoms. The van der Waals surface area contributed by atoms with Gasteiger partial charge in [0.05, 0.1) is 16.9 Å². The van der Waals surface area contributed by atoms with E-state index < -0.39 is 10.0 Å². The van der Waals surface area contributed by atoms with E-state index in [1.807, 2.05) is 44.1 Å². The molecule has 1 aromatic heterocycles. The van der Waals surface area contributed by atoms with Crippen LogP contribution in [0.2, 0.25) is 0 Å². The maximum absolute atomic E-state index is 12.9. The molecule has 1 saturated carbocycles. The molecule has 0 aromatic carbocycles. The molecule has 5 nitrogen and oxygen atoms in total. The van der Waals surface area contributed by atoms with Crippen molar-refractivity contribution in [2.24, 2.45) is 0 Å². The van der Waals surface area contributed by atoms with Crippen LogP contribution in [0.5, 0.6) is 0 Å². The van der Waals surface area contributed by atoms with Gasteiger partial charge in [-0.25, -0.2) is 13.1 Å². The van der Waals surface area contributed by atoms with Gasteiger partial charge in [0.15, 0.2) is 0 Å². The van der Waals surface area contributed by atoms with Crippen LogP contribution in [0.25, 0.3) is 0 Å². The molecule has 0 saturated heterocycles. The second kappa shape index (κ2) is 6.76. The van der Waals surface area contributed by atoms with E-state index in [-0.39, 0.29) is 11.6 Å². The molecule has 2 atom stereocenters. The molecular weight excluding hydrogens is 330 g/mol. The fourth-order valence-corrected chi connectivity index (χ4v) is 5.92. The number of nitrogens with zero attached hydrogens (tertiary/aromatic N) is 2. The fraction of sp³-hybridized carbons (Fsp3) is 0.812. The predicted molar refractivity (Wildman–Crippen MR) is 96.6 cm³/mol. The van der Waals surface area contributed by atoms with E-state index in [0.717, 1.165) is 19.3 Å². The monoisotopic (exact) mass is 359 g/mol. The molecule has 0 unspecified atom stereocenters. The lowest BCUT2D eigenvalue weighted by molar-refractivity contribution is 0.345. The summed E-state index contributed by atoms with van der Waals surface area (Å²) in [6.45, 7) is 9.70. The molecule has 0 radical (unpaired) electrons. The van der Waals surface area contributed by atoms with Crippen molar-refractivity contribution in [2.45, 2.75) is 82.0 Å². The van der Waals surface area contributed by atoms with Gasteiger partial charge >= 0.3 is 0 Å². The normalized spacial score (nSPS) is 23.2. The molecule has 1 N–H and O–H groups in total. The lowest BCUT2D eigenvalue weighted by atomic mass is 9.96. The molecule has 1 fully saturated rings. The first kappa shape index (κ1) is 18.8. The quantitative estimate of drug-likeness (QED) is 0.896. The van der Waals surface area contributed by atoms with Gasteiger partial charge in [-0.3, -0.25) is 4.68 Å². The number of hydrogen-bond acceptors (Lipinski definition) is 4. The van der Waals surface area contributed by atoms with Crippen molar-refractivity contribution in [3.05, 3.63) is 11.4 Å². The molecule has 7 heteroatoms. The van der Waals surface area contributed by atoms with E-state index in [2.05, 4.69) is 16.1 Å². The van der Waals surface area contributed by atoms with Crippen LogP contribution in [0.1, 0.15) is 57.8 Å². The average molecular weight is 360 g/mol. The Morgan fingerprint density at radius 2 is 1.91 bits per heavy atom. The third-order valence-corrected chi connectivity index (χ3v) is 7.28. The van der Waals surface area contributed by atoms with E-state index in [1.54, 1.807) is 6.92 Å². The highest BCUT2D eigenvalue weighted by Gasteiger charge is 2.31. The van der Waals surface area contributed by atoms with Gasteiger partial charge in [0.2, 0.25) is 10.0 Å². The van der Waals surface area contributed by atoms with Gasteiger partial charge < -0.3 is 0 Å². The lowest BCUT2D eigenvalue weighted by Crippen LogP contribution is -2.39. The highest BCUT2D eigenvalue weighted by Crippen LogP contribution is 2.29. The van der Waals surface area contributed by atoms with Gasteiger partial charge in [0, 0.05) is 11.3 Å². The highest BCUT2D eigenvalue weighted by atomic mass is 32.2. The number of sulfonamides is 1. The van der Waals surface area contributed by atoms with Gasteiger partial charge in [-0.15, -0.1) is 0 Å². The molecule has 1 heterocycles. The number of nitrogens with one attached hydrogen (secondary N) is 1. The zero-order valence-corrected chi connectivity index (χ0v) is 16.6. The van der Waals surface area contributed by atoms with E-state index in [9.17, 15) is 8.42 Å². The van der Waals surface area contributed by atoms with Crippen LogP contribution in [0.3, 0.4) is 0 Å². The number of rotatable bonds is 4. The molecule has 0 bridgehead atoms. The van der Waals surface area contributed by atoms with Gasteiger partial charge in [-0.1, -0.05) is 6.42 Å². The molecule has 1 aromatic rings. The van der Waals surface area contributed by atoms with Crippen molar-refractivity contribution in [2.75, 3.05) is 6.26 Å². The van der Waals surface area contributed by atoms with Crippen LogP contribution in [-0.2, 0) is 15.6 Å². The summed E-state index contributed by atoms with van der Waals surface area (Å²) in [7, 11) is -3.53. The van der Waals surface area contributed by atoms with E-state index in [0.29, 0.717) is 21.5 Å². The summed E-state index contributed by atoms with van der Waals surface area (Å²) < 4.78 is 30.5. The third kappa shape index (κ3) is 4.12. The smallest absolute Gasteiger partial charge is 0.244 e. The van der Waals surface area contributed by atoms with Crippen LogP contribution >= 0.6 is 11.8 Å². The van der Waals surface area contributed by atoms with Crippen LogP contribution < -0.4 is 4.72 Å². The van der Waals surface area contributed by atoms with Crippen molar-refractivity contribution >= 4 is 21.8 Å². The molecule has 132 valence electrons. The summed E-state index contributed by atoms with van der Waals surface area (Å²) in [5.74, 6) is 0. The lowest BCUT2D eigenvalue weighted by Gasteiger charge is -2.28. The van der Waals surface area contributed by atoms with Crippen molar-refractivity contribution in [1.82, 2.24) is 14.5 Å². The first-order chi connectivity index (χ1) is 10.6. The Hall–Kier alpha value is -0.530. The minimum Gasteiger partial charge on any atom is -0.263 e. The maximum atomic E-state index is 12.9. The van der Waals surface area contributed by atoms with Crippen molar-refractivity contribution in [3.8, 4) is 0 Å². The van der Waals surface area contributed by atoms with Gasteiger partial charge in [0.1, 0.15) is 4.90 Å². The summed E-state index contributed by atoms with van der Waals surface area (Å²) in [6, 6.07) is 0.0305. The number of thioether (sulfide) groups is 1. The zero-order valence-electron chi connectivity index (χ0n) is 15.0. The van der Waals surface area contributed by atoms with Gasteiger partial charge in [0.25, 0.3) is 0 Å². The SMILES string of the molecule is CS[C@@H]1CCC[C@H](NS(=O)(=O)c2c(C)nn(C(C)(C)C)c2C)C1. The molecule has 1 aliphatic rings. The summed E-state index contributed by atoms with van der Waals surface area (Å²) in [4.78, 5) is 0.346. The molecular formula is C16H29N3O2S2. The van der Waals surface area contributed by atoms with Gasteiger partial charge in [-0.2, -0.15) is 16.9 Å². The minimum absolute atomic E-state index is 0.0305. The number of aromatic nitrogens is 2. The Labute approximate surface area is 144 Å². The largest absolute Gasteiger partial charge is 0.263 e. The average Bonchev–Trinajstić information content (AvgIpc) is 2.74. The van der Waals surface area contributed by atoms with Gasteiger partial charge in [-0.05, 0) is 60.1 Å². The molecule has 0 amide bonds. The Bertz CT molecular complexity index is 660. The minimum atomic E-state index is -3.53. The zero-order chi connectivity index (χ0) is 17.4. The van der Waals surface area contributed by atoms with Crippen LogP contribution in [-0.4, -0.2) is 35.7 Å². The molecule has 1 aliphatic carbocycles. The molecule has 23 heavy (non-hydrogen) atoms. The number of hydrogen-bond donors (Lipinski definition) is 1. The Balaban J connectivity index is 2.28. The van der Waals surface area contributed by atoms with E-state index in [4.69, 9.17) is 0 Å². The van der Waals surface area contributed by atoms with E-state index in [1.165, 1.54) is 6.42 Å².